The van der Waals surface area contributed by atoms with Crippen molar-refractivity contribution in [3.05, 3.63) is 35.6 Å². The van der Waals surface area contributed by atoms with Crippen molar-refractivity contribution in [2.75, 3.05) is 0 Å². The molecule has 5 heteroatoms. The molecule has 0 bridgehead atoms. The molecule has 98 valence electrons. The summed E-state index contributed by atoms with van der Waals surface area (Å²) in [5, 5.41) is 2.51. The first-order valence-electron chi connectivity index (χ1n) is 5.76. The van der Waals surface area contributed by atoms with Crippen LogP contribution < -0.4 is 11.1 Å². The monoisotopic (exact) mass is 252 g/mol. The second kappa shape index (κ2) is 6.14. The van der Waals surface area contributed by atoms with E-state index in [0.29, 0.717) is 6.42 Å². The van der Waals surface area contributed by atoms with E-state index in [9.17, 15) is 14.0 Å². The minimum atomic E-state index is -0.735. The highest BCUT2D eigenvalue weighted by atomic mass is 19.1. The molecule has 0 aliphatic heterocycles. The third kappa shape index (κ3) is 4.16. The highest BCUT2D eigenvalue weighted by Gasteiger charge is 2.20. The first-order valence-corrected chi connectivity index (χ1v) is 5.76. The highest BCUT2D eigenvalue weighted by molar-refractivity contribution is 5.97. The van der Waals surface area contributed by atoms with Crippen LogP contribution in [0, 0.1) is 11.7 Å². The number of halogens is 1. The third-order valence-electron chi connectivity index (χ3n) is 2.44. The summed E-state index contributed by atoms with van der Waals surface area (Å²) in [6.45, 7) is 3.84. The lowest BCUT2D eigenvalue weighted by atomic mass is 10.0. The van der Waals surface area contributed by atoms with Gasteiger partial charge in [0.1, 0.15) is 11.9 Å². The molecule has 0 spiro atoms. The molecule has 2 amide bonds. The topological polar surface area (TPSA) is 72.2 Å². The number of benzene rings is 1. The Balaban J connectivity index is 2.75. The fourth-order valence-electron chi connectivity index (χ4n) is 1.59. The number of carbonyl (C=O) groups excluding carboxylic acids is 2. The Bertz CT molecular complexity index is 446. The molecule has 0 saturated heterocycles. The molecule has 0 unspecified atom stereocenters. The van der Waals surface area contributed by atoms with Crippen molar-refractivity contribution in [3.8, 4) is 0 Å². The maximum absolute atomic E-state index is 13.0. The summed E-state index contributed by atoms with van der Waals surface area (Å²) < 4.78 is 13.0. The van der Waals surface area contributed by atoms with Crippen LogP contribution in [0.4, 0.5) is 4.39 Å². The second-order valence-electron chi connectivity index (χ2n) is 4.57. The lowest BCUT2D eigenvalue weighted by Crippen LogP contribution is -2.45. The Kier molecular flexibility index (Phi) is 4.83. The molecule has 1 aromatic carbocycles. The smallest absolute Gasteiger partial charge is 0.252 e. The predicted octanol–water partition coefficient (Wildman–Crippen LogP) is 1.46. The summed E-state index contributed by atoms with van der Waals surface area (Å²) >= 11 is 0. The van der Waals surface area contributed by atoms with Gasteiger partial charge in [-0.3, -0.25) is 9.59 Å². The number of rotatable bonds is 5. The van der Waals surface area contributed by atoms with Gasteiger partial charge in [0.15, 0.2) is 0 Å². The van der Waals surface area contributed by atoms with Gasteiger partial charge in [-0.1, -0.05) is 19.9 Å². The molecule has 0 aliphatic rings. The van der Waals surface area contributed by atoms with Crippen LogP contribution in [0.25, 0.3) is 0 Å². The number of nitrogens with one attached hydrogen (secondary N) is 1. The molecule has 4 nitrogen and oxygen atoms in total. The van der Waals surface area contributed by atoms with E-state index in [-0.39, 0.29) is 11.5 Å². The molecule has 0 aliphatic carbocycles. The van der Waals surface area contributed by atoms with E-state index in [1.165, 1.54) is 18.2 Å². The summed E-state index contributed by atoms with van der Waals surface area (Å²) in [5.41, 5.74) is 5.38. The first-order chi connectivity index (χ1) is 8.40. The van der Waals surface area contributed by atoms with Crippen LogP contribution >= 0.6 is 0 Å². The maximum atomic E-state index is 13.0. The average molecular weight is 252 g/mol. The van der Waals surface area contributed by atoms with Crippen molar-refractivity contribution in [3.63, 3.8) is 0 Å². The Hall–Kier alpha value is -1.91. The second-order valence-corrected chi connectivity index (χ2v) is 4.57. The van der Waals surface area contributed by atoms with Crippen molar-refractivity contribution >= 4 is 11.8 Å². The van der Waals surface area contributed by atoms with Gasteiger partial charge in [-0.2, -0.15) is 0 Å². The standard InChI is InChI=1S/C13H17FN2O2/c1-8(2)6-11(12(15)17)16-13(18)9-4-3-5-10(14)7-9/h3-5,7-8,11H,6H2,1-2H3,(H2,15,17)(H,16,18)/t11-/m0/s1. The largest absolute Gasteiger partial charge is 0.368 e. The van der Waals surface area contributed by atoms with Crippen molar-refractivity contribution < 1.29 is 14.0 Å². The lowest BCUT2D eigenvalue weighted by molar-refractivity contribution is -0.120. The SMILES string of the molecule is CC(C)C[C@H](NC(=O)c1cccc(F)c1)C(N)=O. The molecule has 1 atom stereocenters. The van der Waals surface area contributed by atoms with Gasteiger partial charge in [0.25, 0.3) is 5.91 Å². The molecule has 1 aromatic rings. The third-order valence-corrected chi connectivity index (χ3v) is 2.44. The van der Waals surface area contributed by atoms with Crippen molar-refractivity contribution in [1.82, 2.24) is 5.32 Å². The van der Waals surface area contributed by atoms with Crippen LogP contribution in [0.1, 0.15) is 30.6 Å². The van der Waals surface area contributed by atoms with Crippen LogP contribution in [0.3, 0.4) is 0 Å². The van der Waals surface area contributed by atoms with Crippen LogP contribution in [-0.2, 0) is 4.79 Å². The average Bonchev–Trinajstić information content (AvgIpc) is 2.27. The minimum Gasteiger partial charge on any atom is -0.368 e. The number of carbonyl (C=O) groups is 2. The van der Waals surface area contributed by atoms with Gasteiger partial charge in [0.2, 0.25) is 5.91 Å². The zero-order chi connectivity index (χ0) is 13.7. The molecule has 0 fully saturated rings. The number of primary amides is 1. The van der Waals surface area contributed by atoms with E-state index in [4.69, 9.17) is 5.73 Å². The molecule has 0 saturated carbocycles. The van der Waals surface area contributed by atoms with Crippen LogP contribution in [0.2, 0.25) is 0 Å². The van der Waals surface area contributed by atoms with E-state index in [1.807, 2.05) is 13.8 Å². The molecule has 3 N–H and O–H groups in total. The van der Waals surface area contributed by atoms with E-state index in [2.05, 4.69) is 5.32 Å². The molecule has 0 radical (unpaired) electrons. The molecule has 1 rings (SSSR count). The minimum absolute atomic E-state index is 0.171. The summed E-state index contributed by atoms with van der Waals surface area (Å²) in [6, 6.07) is 4.54. The quantitative estimate of drug-likeness (QED) is 0.832. The van der Waals surface area contributed by atoms with Crippen LogP contribution in [-0.4, -0.2) is 17.9 Å². The number of amides is 2. The van der Waals surface area contributed by atoms with E-state index >= 15 is 0 Å². The van der Waals surface area contributed by atoms with E-state index in [1.54, 1.807) is 0 Å². The predicted molar refractivity (Wildman–Crippen MR) is 66.3 cm³/mol. The Labute approximate surface area is 105 Å². The summed E-state index contributed by atoms with van der Waals surface area (Å²) in [7, 11) is 0. The summed E-state index contributed by atoms with van der Waals surface area (Å²) in [6.07, 6.45) is 0.455. The van der Waals surface area contributed by atoms with Gasteiger partial charge in [0, 0.05) is 5.56 Å². The number of nitrogens with two attached hydrogens (primary N) is 1. The van der Waals surface area contributed by atoms with Crippen molar-refractivity contribution in [2.45, 2.75) is 26.3 Å². The highest BCUT2D eigenvalue weighted by Crippen LogP contribution is 2.07. The van der Waals surface area contributed by atoms with Crippen LogP contribution in [0.5, 0.6) is 0 Å². The zero-order valence-corrected chi connectivity index (χ0v) is 10.4. The Morgan fingerprint density at radius 3 is 2.56 bits per heavy atom. The van der Waals surface area contributed by atoms with Crippen LogP contribution in [0.15, 0.2) is 24.3 Å². The summed E-state index contributed by atoms with van der Waals surface area (Å²) in [4.78, 5) is 23.0. The van der Waals surface area contributed by atoms with Gasteiger partial charge in [-0.25, -0.2) is 4.39 Å². The maximum Gasteiger partial charge on any atom is 0.252 e. The first kappa shape index (κ1) is 14.2. The van der Waals surface area contributed by atoms with Gasteiger partial charge < -0.3 is 11.1 Å². The van der Waals surface area contributed by atoms with Gasteiger partial charge in [-0.05, 0) is 30.5 Å². The lowest BCUT2D eigenvalue weighted by Gasteiger charge is -2.17. The number of hydrogen-bond donors (Lipinski definition) is 2. The van der Waals surface area contributed by atoms with Gasteiger partial charge in [0.05, 0.1) is 0 Å². The molecule has 0 heterocycles. The van der Waals surface area contributed by atoms with E-state index in [0.717, 1.165) is 6.07 Å². The van der Waals surface area contributed by atoms with Crippen molar-refractivity contribution in [1.29, 1.82) is 0 Å². The molecular formula is C13H17FN2O2. The Morgan fingerprint density at radius 1 is 1.39 bits per heavy atom. The van der Waals surface area contributed by atoms with Gasteiger partial charge in [-0.15, -0.1) is 0 Å². The van der Waals surface area contributed by atoms with Crippen molar-refractivity contribution in [2.24, 2.45) is 11.7 Å². The Morgan fingerprint density at radius 2 is 2.06 bits per heavy atom. The molecule has 0 aromatic heterocycles. The van der Waals surface area contributed by atoms with E-state index < -0.39 is 23.7 Å². The summed E-state index contributed by atoms with van der Waals surface area (Å²) in [5.74, 6) is -1.37. The molecular weight excluding hydrogens is 235 g/mol. The molecule has 18 heavy (non-hydrogen) atoms. The fourth-order valence-corrected chi connectivity index (χ4v) is 1.59. The number of hydrogen-bond acceptors (Lipinski definition) is 2. The zero-order valence-electron chi connectivity index (χ0n) is 10.4. The normalized spacial score (nSPS) is 12.2. The fraction of sp³-hybridized carbons (Fsp3) is 0.385. The van der Waals surface area contributed by atoms with Gasteiger partial charge >= 0.3 is 0 Å².